The predicted octanol–water partition coefficient (Wildman–Crippen LogP) is 4.14. The van der Waals surface area contributed by atoms with Crippen LogP contribution >= 0.6 is 0 Å². The second kappa shape index (κ2) is 7.28. The Morgan fingerprint density at radius 1 is 1.00 bits per heavy atom. The third-order valence-corrected chi connectivity index (χ3v) is 2.49. The fourth-order valence-corrected chi connectivity index (χ4v) is 1.79. The van der Waals surface area contributed by atoms with E-state index in [0.717, 1.165) is 12.8 Å². The fourth-order valence-electron chi connectivity index (χ4n) is 1.79. The molecule has 0 aromatic heterocycles. The molecule has 0 aliphatic heterocycles. The summed E-state index contributed by atoms with van der Waals surface area (Å²) >= 11 is 0. The van der Waals surface area contributed by atoms with Gasteiger partial charge in [0.05, 0.1) is 6.10 Å². The SMILES string of the molecule is CCCCCCCC(O)CC(C)(C)C. The maximum Gasteiger partial charge on any atom is 0.0545 e. The molecular weight excluding hydrogens is 172 g/mol. The average Bonchev–Trinajstić information content (AvgIpc) is 2.00. The van der Waals surface area contributed by atoms with Crippen molar-refractivity contribution in [3.05, 3.63) is 0 Å². The Bertz CT molecular complexity index is 124. The molecule has 1 atom stereocenters. The summed E-state index contributed by atoms with van der Waals surface area (Å²) in [6, 6.07) is 0. The molecule has 0 spiro atoms. The minimum absolute atomic E-state index is 0.0865. The first-order chi connectivity index (χ1) is 6.45. The van der Waals surface area contributed by atoms with Crippen LogP contribution in [0, 0.1) is 5.41 Å². The van der Waals surface area contributed by atoms with Crippen molar-refractivity contribution in [3.8, 4) is 0 Å². The van der Waals surface area contributed by atoms with Gasteiger partial charge in [-0.25, -0.2) is 0 Å². The van der Waals surface area contributed by atoms with Crippen molar-refractivity contribution in [2.75, 3.05) is 0 Å². The molecule has 0 amide bonds. The first kappa shape index (κ1) is 14.0. The smallest absolute Gasteiger partial charge is 0.0545 e. The molecule has 1 unspecified atom stereocenters. The minimum Gasteiger partial charge on any atom is -0.393 e. The molecule has 0 saturated carbocycles. The number of hydrogen-bond acceptors (Lipinski definition) is 1. The molecular formula is C13H28O. The summed E-state index contributed by atoms with van der Waals surface area (Å²) in [5.74, 6) is 0. The molecule has 0 aromatic carbocycles. The van der Waals surface area contributed by atoms with E-state index in [4.69, 9.17) is 0 Å². The number of aliphatic hydroxyl groups is 1. The number of rotatable bonds is 7. The number of hydrogen-bond donors (Lipinski definition) is 1. The van der Waals surface area contributed by atoms with E-state index in [2.05, 4.69) is 27.7 Å². The van der Waals surface area contributed by atoms with Crippen LogP contribution in [0.25, 0.3) is 0 Å². The highest BCUT2D eigenvalue weighted by atomic mass is 16.3. The van der Waals surface area contributed by atoms with Gasteiger partial charge < -0.3 is 5.11 Å². The summed E-state index contributed by atoms with van der Waals surface area (Å²) in [5.41, 5.74) is 0.267. The van der Waals surface area contributed by atoms with E-state index in [1.807, 2.05) is 0 Å². The van der Waals surface area contributed by atoms with Gasteiger partial charge in [0.2, 0.25) is 0 Å². The van der Waals surface area contributed by atoms with Gasteiger partial charge in [0.1, 0.15) is 0 Å². The largest absolute Gasteiger partial charge is 0.393 e. The van der Waals surface area contributed by atoms with E-state index in [-0.39, 0.29) is 11.5 Å². The molecule has 0 heterocycles. The van der Waals surface area contributed by atoms with E-state index < -0.39 is 0 Å². The Labute approximate surface area is 89.9 Å². The molecule has 0 bridgehead atoms. The van der Waals surface area contributed by atoms with Crippen LogP contribution in [0.3, 0.4) is 0 Å². The van der Waals surface area contributed by atoms with Crippen LogP contribution in [0.4, 0.5) is 0 Å². The highest BCUT2D eigenvalue weighted by Gasteiger charge is 2.15. The molecule has 1 heteroatoms. The summed E-state index contributed by atoms with van der Waals surface area (Å²) < 4.78 is 0. The van der Waals surface area contributed by atoms with E-state index in [1.165, 1.54) is 32.1 Å². The molecule has 0 aromatic rings. The Kier molecular flexibility index (Phi) is 7.26. The van der Waals surface area contributed by atoms with Crippen molar-refractivity contribution in [2.24, 2.45) is 5.41 Å². The van der Waals surface area contributed by atoms with Crippen molar-refractivity contribution in [2.45, 2.75) is 78.7 Å². The van der Waals surface area contributed by atoms with Gasteiger partial charge in [0, 0.05) is 0 Å². The van der Waals surface area contributed by atoms with Crippen LogP contribution in [0.2, 0.25) is 0 Å². The second-order valence-corrected chi connectivity index (χ2v) is 5.62. The zero-order valence-corrected chi connectivity index (χ0v) is 10.5. The van der Waals surface area contributed by atoms with Gasteiger partial charge in [-0.3, -0.25) is 0 Å². The molecule has 1 N–H and O–H groups in total. The standard InChI is InChI=1S/C13H28O/c1-5-6-7-8-9-10-12(14)11-13(2,3)4/h12,14H,5-11H2,1-4H3. The van der Waals surface area contributed by atoms with Crippen molar-refractivity contribution in [1.82, 2.24) is 0 Å². The van der Waals surface area contributed by atoms with Crippen LogP contribution in [-0.2, 0) is 0 Å². The third-order valence-electron chi connectivity index (χ3n) is 2.49. The lowest BCUT2D eigenvalue weighted by molar-refractivity contribution is 0.110. The summed E-state index contributed by atoms with van der Waals surface area (Å²) in [6.07, 6.45) is 8.28. The van der Waals surface area contributed by atoms with E-state index >= 15 is 0 Å². The van der Waals surface area contributed by atoms with Crippen molar-refractivity contribution in [1.29, 1.82) is 0 Å². The van der Waals surface area contributed by atoms with Gasteiger partial charge in [-0.1, -0.05) is 59.8 Å². The Morgan fingerprint density at radius 2 is 1.57 bits per heavy atom. The monoisotopic (exact) mass is 200 g/mol. The third kappa shape index (κ3) is 10.0. The van der Waals surface area contributed by atoms with E-state index in [9.17, 15) is 5.11 Å². The van der Waals surface area contributed by atoms with Crippen molar-refractivity contribution < 1.29 is 5.11 Å². The summed E-state index contributed by atoms with van der Waals surface area (Å²) in [5, 5.41) is 9.74. The van der Waals surface area contributed by atoms with Gasteiger partial charge in [0.15, 0.2) is 0 Å². The molecule has 0 fully saturated rings. The average molecular weight is 200 g/mol. The van der Waals surface area contributed by atoms with Gasteiger partial charge in [0.25, 0.3) is 0 Å². The summed E-state index contributed by atoms with van der Waals surface area (Å²) in [7, 11) is 0. The zero-order chi connectivity index (χ0) is 11.0. The Hall–Kier alpha value is -0.0400. The van der Waals surface area contributed by atoms with Crippen LogP contribution in [0.15, 0.2) is 0 Å². The van der Waals surface area contributed by atoms with Crippen LogP contribution in [-0.4, -0.2) is 11.2 Å². The fraction of sp³-hybridized carbons (Fsp3) is 1.00. The van der Waals surface area contributed by atoms with Gasteiger partial charge >= 0.3 is 0 Å². The van der Waals surface area contributed by atoms with E-state index in [1.54, 1.807) is 0 Å². The summed E-state index contributed by atoms with van der Waals surface area (Å²) in [6.45, 7) is 8.79. The lowest BCUT2D eigenvalue weighted by Gasteiger charge is -2.22. The van der Waals surface area contributed by atoms with Crippen molar-refractivity contribution in [3.63, 3.8) is 0 Å². The topological polar surface area (TPSA) is 20.2 Å². The van der Waals surface area contributed by atoms with E-state index in [0.29, 0.717) is 0 Å². The lowest BCUT2D eigenvalue weighted by atomic mass is 9.87. The first-order valence-electron chi connectivity index (χ1n) is 6.14. The van der Waals surface area contributed by atoms with Gasteiger partial charge in [-0.2, -0.15) is 0 Å². The zero-order valence-electron chi connectivity index (χ0n) is 10.5. The summed E-state index contributed by atoms with van der Waals surface area (Å²) in [4.78, 5) is 0. The highest BCUT2D eigenvalue weighted by molar-refractivity contribution is 4.67. The quantitative estimate of drug-likeness (QED) is 0.612. The van der Waals surface area contributed by atoms with Crippen LogP contribution in [0.1, 0.15) is 72.6 Å². The number of aliphatic hydroxyl groups excluding tert-OH is 1. The molecule has 0 rings (SSSR count). The maximum absolute atomic E-state index is 9.74. The molecule has 0 aliphatic rings. The molecule has 86 valence electrons. The second-order valence-electron chi connectivity index (χ2n) is 5.62. The minimum atomic E-state index is -0.0865. The normalized spacial score (nSPS) is 14.4. The lowest BCUT2D eigenvalue weighted by Crippen LogP contribution is -2.17. The van der Waals surface area contributed by atoms with Gasteiger partial charge in [-0.05, 0) is 18.3 Å². The van der Waals surface area contributed by atoms with Crippen molar-refractivity contribution >= 4 is 0 Å². The predicted molar refractivity (Wildman–Crippen MR) is 63.5 cm³/mol. The van der Waals surface area contributed by atoms with Crippen LogP contribution in [0.5, 0.6) is 0 Å². The van der Waals surface area contributed by atoms with Crippen LogP contribution < -0.4 is 0 Å². The molecule has 0 radical (unpaired) electrons. The molecule has 1 nitrogen and oxygen atoms in total. The Balaban J connectivity index is 3.31. The highest BCUT2D eigenvalue weighted by Crippen LogP contribution is 2.23. The van der Waals surface area contributed by atoms with Gasteiger partial charge in [-0.15, -0.1) is 0 Å². The maximum atomic E-state index is 9.74. The number of unbranched alkanes of at least 4 members (excludes halogenated alkanes) is 4. The first-order valence-corrected chi connectivity index (χ1v) is 6.14. The molecule has 0 saturated heterocycles. The molecule has 0 aliphatic carbocycles. The Morgan fingerprint density at radius 3 is 2.07 bits per heavy atom. The molecule has 14 heavy (non-hydrogen) atoms.